The number of likely N-dealkylation sites (N-methyl/N-ethyl adjacent to an activating group) is 1. The zero-order chi connectivity index (χ0) is 11.5. The molecule has 1 rings (SSSR count). The van der Waals surface area contributed by atoms with E-state index in [4.69, 9.17) is 0 Å². The molecule has 0 saturated heterocycles. The Morgan fingerprint density at radius 3 is 2.53 bits per heavy atom. The van der Waals surface area contributed by atoms with E-state index in [1.165, 1.54) is 6.26 Å². The van der Waals surface area contributed by atoms with E-state index in [2.05, 4.69) is 21.2 Å². The van der Waals surface area contributed by atoms with E-state index in [0.717, 1.165) is 18.5 Å². The molecule has 0 aromatic heterocycles. The molecule has 5 heteroatoms. The largest absolute Gasteiger partial charge is 0.319 e. The van der Waals surface area contributed by atoms with Crippen molar-refractivity contribution < 1.29 is 8.42 Å². The van der Waals surface area contributed by atoms with Crippen molar-refractivity contribution in [3.8, 4) is 0 Å². The summed E-state index contributed by atoms with van der Waals surface area (Å²) in [4.78, 5) is 0.343. The molecule has 15 heavy (non-hydrogen) atoms. The van der Waals surface area contributed by atoms with Gasteiger partial charge in [0.2, 0.25) is 0 Å². The molecule has 0 aliphatic heterocycles. The maximum atomic E-state index is 11.3. The molecule has 1 aromatic carbocycles. The monoisotopic (exact) mass is 291 g/mol. The lowest BCUT2D eigenvalue weighted by molar-refractivity contribution is 0.601. The van der Waals surface area contributed by atoms with Crippen molar-refractivity contribution in [1.29, 1.82) is 0 Å². The average molecular weight is 292 g/mol. The fourth-order valence-electron chi connectivity index (χ4n) is 1.27. The van der Waals surface area contributed by atoms with Crippen molar-refractivity contribution in [3.63, 3.8) is 0 Å². The van der Waals surface area contributed by atoms with Crippen molar-refractivity contribution >= 4 is 25.8 Å². The summed E-state index contributed by atoms with van der Waals surface area (Å²) in [5.74, 6) is 0. The summed E-state index contributed by atoms with van der Waals surface area (Å²) in [6.07, 6.45) is 2.10. The normalized spacial score (nSPS) is 11.7. The van der Waals surface area contributed by atoms with Crippen molar-refractivity contribution in [1.82, 2.24) is 5.32 Å². The van der Waals surface area contributed by atoms with Gasteiger partial charge < -0.3 is 5.32 Å². The highest BCUT2D eigenvalue weighted by molar-refractivity contribution is 9.10. The van der Waals surface area contributed by atoms with Gasteiger partial charge in [0, 0.05) is 10.7 Å². The first-order valence-corrected chi connectivity index (χ1v) is 7.26. The molecule has 0 fully saturated rings. The molecular weight excluding hydrogens is 278 g/mol. The number of sulfone groups is 1. The number of halogens is 1. The molecule has 0 radical (unpaired) electrons. The van der Waals surface area contributed by atoms with Crippen LogP contribution in [0.25, 0.3) is 0 Å². The summed E-state index contributed by atoms with van der Waals surface area (Å²) in [7, 11) is -1.24. The molecule has 0 aliphatic carbocycles. The van der Waals surface area contributed by atoms with Crippen LogP contribution in [-0.4, -0.2) is 28.3 Å². The molecule has 3 nitrogen and oxygen atoms in total. The Morgan fingerprint density at radius 1 is 1.40 bits per heavy atom. The molecule has 0 aliphatic rings. The molecular formula is C10H14BrNO2S. The zero-order valence-electron chi connectivity index (χ0n) is 8.75. The van der Waals surface area contributed by atoms with Gasteiger partial charge in [0.1, 0.15) is 0 Å². The molecule has 0 unspecified atom stereocenters. The molecule has 0 amide bonds. The summed E-state index contributed by atoms with van der Waals surface area (Å²) in [6.45, 7) is 0.880. The predicted octanol–water partition coefficient (Wildman–Crippen LogP) is 1.61. The van der Waals surface area contributed by atoms with E-state index in [1.54, 1.807) is 6.07 Å². The highest BCUT2D eigenvalue weighted by atomic mass is 79.9. The maximum Gasteiger partial charge on any atom is 0.176 e. The zero-order valence-corrected chi connectivity index (χ0v) is 11.2. The second-order valence-corrected chi connectivity index (χ2v) is 6.23. The van der Waals surface area contributed by atoms with E-state index in [1.807, 2.05) is 19.2 Å². The summed E-state index contributed by atoms with van der Waals surface area (Å²) in [5.41, 5.74) is 1.11. The van der Waals surface area contributed by atoms with Crippen LogP contribution in [0.2, 0.25) is 0 Å². The third-order valence-corrected chi connectivity index (χ3v) is 4.13. The fraction of sp³-hybridized carbons (Fsp3) is 0.400. The van der Waals surface area contributed by atoms with Gasteiger partial charge in [-0.15, -0.1) is 0 Å². The van der Waals surface area contributed by atoms with E-state index in [0.29, 0.717) is 9.37 Å². The smallest absolute Gasteiger partial charge is 0.176 e. The molecule has 1 N–H and O–H groups in total. The van der Waals surface area contributed by atoms with Gasteiger partial charge in [-0.25, -0.2) is 8.42 Å². The molecule has 0 heterocycles. The molecule has 0 atom stereocenters. The van der Waals surface area contributed by atoms with Crippen molar-refractivity contribution in [2.24, 2.45) is 0 Å². The van der Waals surface area contributed by atoms with Crippen LogP contribution in [0.15, 0.2) is 27.6 Å². The van der Waals surface area contributed by atoms with E-state index in [9.17, 15) is 8.42 Å². The van der Waals surface area contributed by atoms with Crippen LogP contribution < -0.4 is 5.32 Å². The predicted molar refractivity (Wildman–Crippen MR) is 64.9 cm³/mol. The van der Waals surface area contributed by atoms with E-state index >= 15 is 0 Å². The number of hydrogen-bond donors (Lipinski definition) is 1. The Balaban J connectivity index is 2.99. The quantitative estimate of drug-likeness (QED) is 0.917. The highest BCUT2D eigenvalue weighted by Gasteiger charge is 2.11. The van der Waals surface area contributed by atoms with Crippen molar-refractivity contribution in [2.45, 2.75) is 11.3 Å². The molecule has 1 aromatic rings. The van der Waals surface area contributed by atoms with E-state index < -0.39 is 9.84 Å². The Morgan fingerprint density at radius 2 is 2.07 bits per heavy atom. The van der Waals surface area contributed by atoms with Crippen LogP contribution in [-0.2, 0) is 16.3 Å². The Labute approximate surface area is 98.9 Å². The lowest BCUT2D eigenvalue weighted by atomic mass is 10.1. The number of benzene rings is 1. The molecule has 84 valence electrons. The molecule has 0 spiro atoms. The second kappa shape index (κ2) is 5.09. The number of rotatable bonds is 4. The second-order valence-electron chi connectivity index (χ2n) is 3.39. The first-order chi connectivity index (χ1) is 6.95. The van der Waals surface area contributed by atoms with Crippen LogP contribution in [0, 0.1) is 0 Å². The minimum absolute atomic E-state index is 0.343. The van der Waals surface area contributed by atoms with Gasteiger partial charge >= 0.3 is 0 Å². The van der Waals surface area contributed by atoms with Crippen LogP contribution in [0.3, 0.4) is 0 Å². The average Bonchev–Trinajstić information content (AvgIpc) is 2.12. The summed E-state index contributed by atoms with van der Waals surface area (Å²) < 4.78 is 23.3. The Bertz CT molecular complexity index is 443. The Kier molecular flexibility index (Phi) is 4.31. The van der Waals surface area contributed by atoms with Crippen LogP contribution >= 0.6 is 15.9 Å². The molecule has 0 bridgehead atoms. The number of hydrogen-bond acceptors (Lipinski definition) is 3. The first-order valence-electron chi connectivity index (χ1n) is 4.58. The standard InChI is InChI=1S/C10H14BrNO2S/c1-12-6-5-8-3-4-10(9(11)7-8)15(2,13)14/h3-4,7,12H,5-6H2,1-2H3. The van der Waals surface area contributed by atoms with Gasteiger partial charge in [-0.3, -0.25) is 0 Å². The minimum Gasteiger partial charge on any atom is -0.319 e. The summed E-state index contributed by atoms with van der Waals surface area (Å²) in [6, 6.07) is 5.34. The minimum atomic E-state index is -3.13. The van der Waals surface area contributed by atoms with Crippen LogP contribution in [0.5, 0.6) is 0 Å². The highest BCUT2D eigenvalue weighted by Crippen LogP contribution is 2.23. The molecule has 0 saturated carbocycles. The SMILES string of the molecule is CNCCc1ccc(S(C)(=O)=O)c(Br)c1. The third-order valence-electron chi connectivity index (χ3n) is 2.06. The Hall–Kier alpha value is -0.390. The summed E-state index contributed by atoms with van der Waals surface area (Å²) >= 11 is 3.28. The van der Waals surface area contributed by atoms with E-state index in [-0.39, 0.29) is 0 Å². The van der Waals surface area contributed by atoms with Gasteiger partial charge in [0.05, 0.1) is 4.90 Å². The summed E-state index contributed by atoms with van der Waals surface area (Å²) in [5, 5.41) is 3.05. The van der Waals surface area contributed by atoms with Gasteiger partial charge in [-0.2, -0.15) is 0 Å². The van der Waals surface area contributed by atoms with Crippen molar-refractivity contribution in [2.75, 3.05) is 19.8 Å². The van der Waals surface area contributed by atoms with Gasteiger partial charge in [-0.1, -0.05) is 6.07 Å². The lowest BCUT2D eigenvalue weighted by Crippen LogP contribution is -2.10. The van der Waals surface area contributed by atoms with Gasteiger partial charge in [-0.05, 0) is 53.6 Å². The first kappa shape index (κ1) is 12.7. The number of nitrogens with one attached hydrogen (secondary N) is 1. The maximum absolute atomic E-state index is 11.3. The topological polar surface area (TPSA) is 46.2 Å². The van der Waals surface area contributed by atoms with Crippen LogP contribution in [0.1, 0.15) is 5.56 Å². The van der Waals surface area contributed by atoms with Crippen molar-refractivity contribution in [3.05, 3.63) is 28.2 Å². The lowest BCUT2D eigenvalue weighted by Gasteiger charge is -2.05. The third kappa shape index (κ3) is 3.59. The van der Waals surface area contributed by atoms with Gasteiger partial charge in [0.15, 0.2) is 9.84 Å². The fourth-order valence-corrected chi connectivity index (χ4v) is 3.31. The van der Waals surface area contributed by atoms with Crippen LogP contribution in [0.4, 0.5) is 0 Å². The van der Waals surface area contributed by atoms with Gasteiger partial charge in [0.25, 0.3) is 0 Å².